The van der Waals surface area contributed by atoms with Crippen LogP contribution >= 0.6 is 0 Å². The second-order valence-electron chi connectivity index (χ2n) is 9.25. The van der Waals surface area contributed by atoms with E-state index >= 15 is 0 Å². The van der Waals surface area contributed by atoms with Crippen molar-refractivity contribution < 1.29 is 4.79 Å². The third-order valence-corrected chi connectivity index (χ3v) is 6.97. The second kappa shape index (κ2) is 12.5. The largest absolute Gasteiger partial charge is 0.338 e. The third-order valence-electron chi connectivity index (χ3n) is 6.97. The van der Waals surface area contributed by atoms with Crippen LogP contribution in [0.3, 0.4) is 0 Å². The molecule has 3 rings (SSSR count). The first-order chi connectivity index (χ1) is 16.4. The molecule has 0 saturated carbocycles. The average Bonchev–Trinajstić information content (AvgIpc) is 2.84. The summed E-state index contributed by atoms with van der Waals surface area (Å²) < 4.78 is 0. The monoisotopic (exact) mass is 457 g/mol. The normalized spacial score (nSPS) is 20.5. The summed E-state index contributed by atoms with van der Waals surface area (Å²) >= 11 is 0. The number of benzene rings is 1. The molecule has 2 aliphatic rings. The number of rotatable bonds is 9. The van der Waals surface area contributed by atoms with Gasteiger partial charge in [0.25, 0.3) is 0 Å². The van der Waals surface area contributed by atoms with E-state index in [4.69, 9.17) is 4.99 Å². The van der Waals surface area contributed by atoms with Gasteiger partial charge in [0.1, 0.15) is 6.67 Å². The van der Waals surface area contributed by atoms with Gasteiger partial charge in [0.15, 0.2) is 0 Å². The highest BCUT2D eigenvalue weighted by Crippen LogP contribution is 2.31. The molecule has 1 aliphatic carbocycles. The molecule has 0 atom stereocenters. The molecule has 34 heavy (non-hydrogen) atoms. The topological polar surface area (TPSA) is 45.0 Å². The molecule has 0 N–H and O–H groups in total. The molecule has 4 heteroatoms. The zero-order valence-corrected chi connectivity index (χ0v) is 21.4. The van der Waals surface area contributed by atoms with E-state index in [1.54, 1.807) is 6.92 Å². The Hall–Kier alpha value is -3.01. The van der Waals surface area contributed by atoms with Gasteiger partial charge in [0.05, 0.1) is 11.4 Å². The van der Waals surface area contributed by atoms with E-state index in [1.165, 1.54) is 22.3 Å². The first-order valence-corrected chi connectivity index (χ1v) is 12.5. The van der Waals surface area contributed by atoms with E-state index < -0.39 is 0 Å². The Kier molecular flexibility index (Phi) is 9.38. The quantitative estimate of drug-likeness (QED) is 0.368. The number of amides is 1. The zero-order chi connectivity index (χ0) is 24.5. The van der Waals surface area contributed by atoms with Gasteiger partial charge in [-0.15, -0.1) is 0 Å². The standard InChI is InChI=1S/C30H39N3O/c1-6-22(3)23(4)19-26-15-11-12-16-28-29(7-2)31-21-32-30(28)27(26)17-18-33(24(5)34)20-25-13-9-8-10-14-25/h7-10,13-14,16H,2,6,11-12,15,17-21H2,1,3-5H3/b23-22?,27-26+,28-16+. The van der Waals surface area contributed by atoms with E-state index in [9.17, 15) is 4.79 Å². The molecular weight excluding hydrogens is 418 g/mol. The Morgan fingerprint density at radius 2 is 1.88 bits per heavy atom. The van der Waals surface area contributed by atoms with Crippen molar-refractivity contribution in [1.82, 2.24) is 4.90 Å². The molecule has 0 radical (unpaired) electrons. The number of hydrogen-bond donors (Lipinski definition) is 0. The van der Waals surface area contributed by atoms with Crippen LogP contribution < -0.4 is 0 Å². The van der Waals surface area contributed by atoms with Gasteiger partial charge in [-0.25, -0.2) is 0 Å². The number of carbonyl (C=O) groups is 1. The van der Waals surface area contributed by atoms with E-state index in [1.807, 2.05) is 29.2 Å². The van der Waals surface area contributed by atoms with Crippen molar-refractivity contribution in [2.24, 2.45) is 9.98 Å². The molecule has 1 aromatic rings. The number of nitrogens with zero attached hydrogens (tertiary/aromatic N) is 3. The fraction of sp³-hybridized carbons (Fsp3) is 0.433. The highest BCUT2D eigenvalue weighted by Gasteiger charge is 2.24. The molecule has 1 aliphatic heterocycles. The van der Waals surface area contributed by atoms with Crippen LogP contribution in [0, 0.1) is 0 Å². The van der Waals surface area contributed by atoms with Gasteiger partial charge in [-0.3, -0.25) is 14.8 Å². The maximum Gasteiger partial charge on any atom is 0.219 e. The van der Waals surface area contributed by atoms with Crippen molar-refractivity contribution in [3.8, 4) is 0 Å². The highest BCUT2D eigenvalue weighted by atomic mass is 16.2. The summed E-state index contributed by atoms with van der Waals surface area (Å²) in [5.74, 6) is 0.101. The minimum atomic E-state index is 0.101. The second-order valence-corrected chi connectivity index (χ2v) is 9.25. The summed E-state index contributed by atoms with van der Waals surface area (Å²) in [5.41, 5.74) is 9.92. The summed E-state index contributed by atoms with van der Waals surface area (Å²) in [6.45, 7) is 14.1. The van der Waals surface area contributed by atoms with Gasteiger partial charge >= 0.3 is 0 Å². The molecule has 1 aromatic carbocycles. The summed E-state index contributed by atoms with van der Waals surface area (Å²) in [7, 11) is 0. The van der Waals surface area contributed by atoms with E-state index in [0.717, 1.165) is 61.1 Å². The average molecular weight is 458 g/mol. The summed E-state index contributed by atoms with van der Waals surface area (Å²) in [5, 5.41) is 0. The Bertz CT molecular complexity index is 1050. The molecule has 0 spiro atoms. The fourth-order valence-corrected chi connectivity index (χ4v) is 4.65. The number of allylic oxidation sites excluding steroid dienone is 6. The van der Waals surface area contributed by atoms with Gasteiger partial charge in [-0.05, 0) is 69.6 Å². The Labute approximate surface area is 205 Å². The van der Waals surface area contributed by atoms with E-state index in [0.29, 0.717) is 19.8 Å². The Morgan fingerprint density at radius 3 is 2.56 bits per heavy atom. The van der Waals surface area contributed by atoms with Crippen molar-refractivity contribution in [3.63, 3.8) is 0 Å². The number of hydrogen-bond acceptors (Lipinski definition) is 3. The molecule has 0 aromatic heterocycles. The molecule has 0 bridgehead atoms. The fourth-order valence-electron chi connectivity index (χ4n) is 4.65. The SMILES string of the molecule is C=CC1=NCN=C2/C1=C/CCC/C(CC(C)=C(C)CC)=C\2CCN(Cc1ccccc1)C(C)=O. The molecule has 180 valence electrons. The van der Waals surface area contributed by atoms with Crippen LogP contribution in [0.4, 0.5) is 0 Å². The van der Waals surface area contributed by atoms with Crippen LogP contribution in [-0.2, 0) is 11.3 Å². The minimum Gasteiger partial charge on any atom is -0.338 e. The van der Waals surface area contributed by atoms with Crippen LogP contribution in [0.2, 0.25) is 0 Å². The first kappa shape index (κ1) is 25.6. The molecule has 1 amide bonds. The first-order valence-electron chi connectivity index (χ1n) is 12.5. The minimum absolute atomic E-state index is 0.101. The van der Waals surface area contributed by atoms with Crippen molar-refractivity contribution >= 4 is 17.3 Å². The molecule has 0 unspecified atom stereocenters. The zero-order valence-electron chi connectivity index (χ0n) is 21.4. The molecule has 1 heterocycles. The maximum atomic E-state index is 12.5. The summed E-state index contributed by atoms with van der Waals surface area (Å²) in [6, 6.07) is 10.2. The smallest absolute Gasteiger partial charge is 0.219 e. The van der Waals surface area contributed by atoms with Crippen molar-refractivity contribution in [2.45, 2.75) is 72.8 Å². The Morgan fingerprint density at radius 1 is 1.12 bits per heavy atom. The predicted octanol–water partition coefficient (Wildman–Crippen LogP) is 7.01. The lowest BCUT2D eigenvalue weighted by Gasteiger charge is -2.27. The Balaban J connectivity index is 1.97. The molecule has 0 fully saturated rings. The van der Waals surface area contributed by atoms with Crippen LogP contribution in [0.5, 0.6) is 0 Å². The molecular formula is C30H39N3O. The predicted molar refractivity (Wildman–Crippen MR) is 144 cm³/mol. The molecule has 4 nitrogen and oxygen atoms in total. The van der Waals surface area contributed by atoms with Gasteiger partial charge in [-0.1, -0.05) is 66.6 Å². The van der Waals surface area contributed by atoms with Crippen LogP contribution in [0.15, 0.2) is 86.9 Å². The van der Waals surface area contributed by atoms with Crippen LogP contribution in [0.1, 0.15) is 71.8 Å². The van der Waals surface area contributed by atoms with Gasteiger partial charge in [-0.2, -0.15) is 0 Å². The molecule has 0 saturated heterocycles. The number of fused-ring (bicyclic) bond motifs is 1. The third kappa shape index (κ3) is 6.53. The van der Waals surface area contributed by atoms with E-state index in [2.05, 4.69) is 50.6 Å². The van der Waals surface area contributed by atoms with Crippen molar-refractivity contribution in [3.05, 3.63) is 82.5 Å². The number of carbonyl (C=O) groups excluding carboxylic acids is 1. The van der Waals surface area contributed by atoms with Gasteiger partial charge in [0.2, 0.25) is 5.91 Å². The van der Waals surface area contributed by atoms with Crippen LogP contribution in [0.25, 0.3) is 0 Å². The van der Waals surface area contributed by atoms with Gasteiger partial charge in [0, 0.05) is 25.6 Å². The van der Waals surface area contributed by atoms with E-state index in [-0.39, 0.29) is 5.91 Å². The van der Waals surface area contributed by atoms with Crippen molar-refractivity contribution in [1.29, 1.82) is 0 Å². The highest BCUT2D eigenvalue weighted by molar-refractivity contribution is 6.33. The maximum absolute atomic E-state index is 12.5. The van der Waals surface area contributed by atoms with Crippen molar-refractivity contribution in [2.75, 3.05) is 13.2 Å². The lowest BCUT2D eigenvalue weighted by atomic mass is 9.84. The summed E-state index contributed by atoms with van der Waals surface area (Å²) in [6.07, 6.45) is 10.2. The number of aliphatic imine (C=N–C) groups is 2. The summed E-state index contributed by atoms with van der Waals surface area (Å²) in [4.78, 5) is 24.0. The van der Waals surface area contributed by atoms with Crippen LogP contribution in [-0.4, -0.2) is 35.4 Å². The lowest BCUT2D eigenvalue weighted by Crippen LogP contribution is -2.31. The lowest BCUT2D eigenvalue weighted by molar-refractivity contribution is -0.129. The van der Waals surface area contributed by atoms with Gasteiger partial charge < -0.3 is 4.90 Å².